The van der Waals surface area contributed by atoms with E-state index >= 15 is 0 Å². The van der Waals surface area contributed by atoms with Crippen molar-refractivity contribution in [2.24, 2.45) is 5.92 Å². The van der Waals surface area contributed by atoms with Crippen LogP contribution in [0.25, 0.3) is 0 Å². The lowest BCUT2D eigenvalue weighted by molar-refractivity contribution is -0.133. The maximum absolute atomic E-state index is 13.0. The monoisotopic (exact) mass is 406 g/mol. The highest BCUT2D eigenvalue weighted by atomic mass is 16.2. The Kier molecular flexibility index (Phi) is 6.62. The number of piperidine rings is 2. The first-order chi connectivity index (χ1) is 14.7. The summed E-state index contributed by atoms with van der Waals surface area (Å²) in [4.78, 5) is 34.4. The smallest absolute Gasteiger partial charge is 0.229 e. The number of nitrogens with zero attached hydrogens (tertiary/aromatic N) is 3. The van der Waals surface area contributed by atoms with Gasteiger partial charge in [-0.05, 0) is 49.8 Å². The number of hydrogen-bond acceptors (Lipinski definition) is 4. The van der Waals surface area contributed by atoms with Gasteiger partial charge in [0.25, 0.3) is 0 Å². The molecule has 2 amide bonds. The Morgan fingerprint density at radius 2 is 1.77 bits per heavy atom. The van der Waals surface area contributed by atoms with Crippen LogP contribution >= 0.6 is 0 Å². The van der Waals surface area contributed by atoms with Crippen LogP contribution in [0, 0.1) is 5.92 Å². The van der Waals surface area contributed by atoms with Gasteiger partial charge in [0.05, 0.1) is 18.0 Å². The van der Waals surface area contributed by atoms with Crippen LogP contribution < -0.4 is 10.2 Å². The van der Waals surface area contributed by atoms with Gasteiger partial charge in [-0.25, -0.2) is 4.98 Å². The Bertz CT molecular complexity index is 865. The Morgan fingerprint density at radius 3 is 2.57 bits per heavy atom. The van der Waals surface area contributed by atoms with Crippen LogP contribution in [-0.4, -0.2) is 47.9 Å². The Hall–Kier alpha value is -2.89. The van der Waals surface area contributed by atoms with E-state index in [9.17, 15) is 9.59 Å². The first-order valence-corrected chi connectivity index (χ1v) is 11.0. The number of likely N-dealkylation sites (tertiary alicyclic amines) is 1. The van der Waals surface area contributed by atoms with Crippen LogP contribution in [0.2, 0.25) is 0 Å². The summed E-state index contributed by atoms with van der Waals surface area (Å²) in [5.41, 5.74) is 1.78. The summed E-state index contributed by atoms with van der Waals surface area (Å²) in [6.45, 7) is 3.16. The number of anilines is 2. The Balaban J connectivity index is 1.38. The highest BCUT2D eigenvalue weighted by Crippen LogP contribution is 2.27. The molecule has 1 aromatic heterocycles. The van der Waals surface area contributed by atoms with E-state index in [0.29, 0.717) is 13.0 Å². The molecule has 0 saturated carbocycles. The molecule has 2 aromatic rings. The van der Waals surface area contributed by atoms with E-state index < -0.39 is 0 Å². The maximum atomic E-state index is 13.0. The third-order valence-corrected chi connectivity index (χ3v) is 6.04. The van der Waals surface area contributed by atoms with E-state index in [2.05, 4.69) is 15.2 Å². The molecular formula is C24H30N4O2. The molecule has 0 aliphatic carbocycles. The fourth-order valence-corrected chi connectivity index (χ4v) is 4.39. The van der Waals surface area contributed by atoms with Crippen molar-refractivity contribution in [2.75, 3.05) is 36.4 Å². The van der Waals surface area contributed by atoms with E-state index in [0.717, 1.165) is 62.4 Å². The molecule has 4 rings (SSSR count). The van der Waals surface area contributed by atoms with Crippen LogP contribution in [0.15, 0.2) is 48.7 Å². The summed E-state index contributed by atoms with van der Waals surface area (Å²) in [5.74, 6) is 0.749. The molecule has 2 aliphatic heterocycles. The van der Waals surface area contributed by atoms with Gasteiger partial charge in [-0.1, -0.05) is 30.3 Å². The second-order valence-corrected chi connectivity index (χ2v) is 8.25. The molecule has 1 atom stereocenters. The van der Waals surface area contributed by atoms with Gasteiger partial charge in [-0.3, -0.25) is 9.59 Å². The highest BCUT2D eigenvalue weighted by molar-refractivity contribution is 5.95. The topological polar surface area (TPSA) is 65.5 Å². The van der Waals surface area contributed by atoms with Crippen LogP contribution in [0.3, 0.4) is 0 Å². The number of pyridine rings is 1. The molecule has 2 saturated heterocycles. The molecule has 2 aliphatic rings. The molecule has 0 radical (unpaired) electrons. The van der Waals surface area contributed by atoms with Crippen molar-refractivity contribution < 1.29 is 9.59 Å². The molecule has 2 fully saturated rings. The summed E-state index contributed by atoms with van der Waals surface area (Å²) < 4.78 is 0. The van der Waals surface area contributed by atoms with Gasteiger partial charge in [0.1, 0.15) is 0 Å². The van der Waals surface area contributed by atoms with Gasteiger partial charge in [-0.2, -0.15) is 0 Å². The van der Waals surface area contributed by atoms with E-state index in [4.69, 9.17) is 0 Å². The van der Waals surface area contributed by atoms with Crippen LogP contribution in [0.1, 0.15) is 37.7 Å². The number of amides is 2. The molecule has 30 heavy (non-hydrogen) atoms. The second kappa shape index (κ2) is 9.74. The average molecular weight is 407 g/mol. The van der Waals surface area contributed by atoms with Crippen molar-refractivity contribution in [2.45, 2.75) is 38.5 Å². The van der Waals surface area contributed by atoms with Crippen molar-refractivity contribution >= 4 is 23.3 Å². The van der Waals surface area contributed by atoms with Crippen molar-refractivity contribution in [3.8, 4) is 0 Å². The summed E-state index contributed by atoms with van der Waals surface area (Å²) in [6.07, 6.45) is 7.39. The summed E-state index contributed by atoms with van der Waals surface area (Å²) in [6, 6.07) is 13.6. The van der Waals surface area contributed by atoms with Crippen molar-refractivity contribution in [3.63, 3.8) is 0 Å². The molecule has 6 nitrogen and oxygen atoms in total. The summed E-state index contributed by atoms with van der Waals surface area (Å²) in [5, 5.41) is 3.11. The van der Waals surface area contributed by atoms with Gasteiger partial charge < -0.3 is 15.1 Å². The molecule has 0 spiro atoms. The van der Waals surface area contributed by atoms with E-state index in [1.807, 2.05) is 47.4 Å². The molecule has 158 valence electrons. The lowest BCUT2D eigenvalue weighted by Crippen LogP contribution is -2.44. The predicted octanol–water partition coefficient (Wildman–Crippen LogP) is 3.49. The first-order valence-electron chi connectivity index (χ1n) is 11.0. The zero-order valence-electron chi connectivity index (χ0n) is 17.4. The van der Waals surface area contributed by atoms with Crippen molar-refractivity contribution in [1.29, 1.82) is 0 Å². The molecule has 0 bridgehead atoms. The minimum Gasteiger partial charge on any atom is -0.355 e. The maximum Gasteiger partial charge on any atom is 0.229 e. The van der Waals surface area contributed by atoms with Crippen LogP contribution in [-0.2, 0) is 16.0 Å². The summed E-state index contributed by atoms with van der Waals surface area (Å²) >= 11 is 0. The van der Waals surface area contributed by atoms with Gasteiger partial charge in [0.15, 0.2) is 5.82 Å². The van der Waals surface area contributed by atoms with E-state index in [1.165, 1.54) is 6.42 Å². The van der Waals surface area contributed by atoms with Crippen LogP contribution in [0.4, 0.5) is 11.5 Å². The number of carbonyl (C=O) groups excluding carboxylic acids is 2. The Labute approximate surface area is 178 Å². The fraction of sp³-hybridized carbons (Fsp3) is 0.458. The van der Waals surface area contributed by atoms with E-state index in [-0.39, 0.29) is 17.7 Å². The number of carbonyl (C=O) groups is 2. The van der Waals surface area contributed by atoms with Gasteiger partial charge in [0.2, 0.25) is 11.8 Å². The third kappa shape index (κ3) is 4.99. The number of nitrogens with one attached hydrogen (secondary N) is 1. The van der Waals surface area contributed by atoms with Gasteiger partial charge in [-0.15, -0.1) is 0 Å². The first kappa shape index (κ1) is 20.4. The van der Waals surface area contributed by atoms with E-state index in [1.54, 1.807) is 6.20 Å². The minimum atomic E-state index is -0.187. The molecule has 6 heteroatoms. The third-order valence-electron chi connectivity index (χ3n) is 6.04. The van der Waals surface area contributed by atoms with Crippen LogP contribution in [0.5, 0.6) is 0 Å². The largest absolute Gasteiger partial charge is 0.355 e. The minimum absolute atomic E-state index is 0.0153. The number of benzene rings is 1. The molecule has 1 aromatic carbocycles. The quantitative estimate of drug-likeness (QED) is 0.826. The highest BCUT2D eigenvalue weighted by Gasteiger charge is 2.29. The molecule has 1 unspecified atom stereocenters. The molecule has 1 N–H and O–H groups in total. The summed E-state index contributed by atoms with van der Waals surface area (Å²) in [7, 11) is 0. The van der Waals surface area contributed by atoms with Gasteiger partial charge in [0, 0.05) is 32.4 Å². The standard InChI is InChI=1S/C24H30N4O2/c29-22(17-19-9-3-1-4-10-19)28-16-8-11-20(18-28)24(30)26-21-12-7-13-25-23(21)27-14-5-2-6-15-27/h1,3-4,7,9-10,12-13,20H,2,5-6,8,11,14-18H2,(H,26,30). The predicted molar refractivity (Wildman–Crippen MR) is 118 cm³/mol. The SMILES string of the molecule is O=C(Nc1cccnc1N1CCCCC1)C1CCCN(C(=O)Cc2ccccc2)C1. The lowest BCUT2D eigenvalue weighted by atomic mass is 9.96. The fourth-order valence-electron chi connectivity index (χ4n) is 4.39. The normalized spacial score (nSPS) is 19.4. The van der Waals surface area contributed by atoms with Gasteiger partial charge >= 0.3 is 0 Å². The average Bonchev–Trinajstić information content (AvgIpc) is 2.81. The second-order valence-electron chi connectivity index (χ2n) is 8.25. The number of aromatic nitrogens is 1. The zero-order valence-corrected chi connectivity index (χ0v) is 17.4. The lowest BCUT2D eigenvalue weighted by Gasteiger charge is -2.33. The Morgan fingerprint density at radius 1 is 0.967 bits per heavy atom. The molecular weight excluding hydrogens is 376 g/mol. The number of rotatable bonds is 5. The zero-order chi connectivity index (χ0) is 20.8. The van der Waals surface area contributed by atoms with Crippen molar-refractivity contribution in [1.82, 2.24) is 9.88 Å². The van der Waals surface area contributed by atoms with Crippen molar-refractivity contribution in [3.05, 3.63) is 54.2 Å². The molecule has 3 heterocycles. The number of hydrogen-bond donors (Lipinski definition) is 1.